The van der Waals surface area contributed by atoms with Crippen LogP contribution in [0.4, 0.5) is 8.78 Å². The highest BCUT2D eigenvalue weighted by Crippen LogP contribution is 2.30. The first kappa shape index (κ1) is 14.7. The molecular weight excluding hydrogens is 272 g/mol. The summed E-state index contributed by atoms with van der Waals surface area (Å²) in [6, 6.07) is 2.11. The number of nitrogens with one attached hydrogen (secondary N) is 1. The van der Waals surface area contributed by atoms with E-state index in [9.17, 15) is 8.78 Å². The van der Waals surface area contributed by atoms with Crippen molar-refractivity contribution in [1.29, 1.82) is 0 Å². The number of hydrogen-bond acceptors (Lipinski definition) is 2. The quantitative estimate of drug-likeness (QED) is 0.832. The van der Waals surface area contributed by atoms with E-state index in [2.05, 4.69) is 5.32 Å². The number of hydrogen-bond donors (Lipinski definition) is 1. The van der Waals surface area contributed by atoms with E-state index in [-0.39, 0.29) is 17.2 Å². The van der Waals surface area contributed by atoms with E-state index >= 15 is 0 Å². The Labute approximate surface area is 117 Å². The first-order valence-corrected chi connectivity index (χ1v) is 6.93. The van der Waals surface area contributed by atoms with Crippen LogP contribution in [0, 0.1) is 11.6 Å². The van der Waals surface area contributed by atoms with E-state index in [4.69, 9.17) is 16.3 Å². The third kappa shape index (κ3) is 3.65. The second kappa shape index (κ2) is 6.64. The predicted molar refractivity (Wildman–Crippen MR) is 71.4 cm³/mol. The van der Waals surface area contributed by atoms with Crippen LogP contribution in [0.1, 0.15) is 37.3 Å². The zero-order valence-corrected chi connectivity index (χ0v) is 11.6. The molecule has 0 spiro atoms. The molecule has 0 aromatic heterocycles. The minimum absolute atomic E-state index is 0.0909. The van der Waals surface area contributed by atoms with Gasteiger partial charge in [-0.25, -0.2) is 8.78 Å². The lowest BCUT2D eigenvalue weighted by Crippen LogP contribution is -2.19. The van der Waals surface area contributed by atoms with E-state index in [1.165, 1.54) is 6.07 Å². The van der Waals surface area contributed by atoms with Crippen molar-refractivity contribution in [1.82, 2.24) is 5.32 Å². The summed E-state index contributed by atoms with van der Waals surface area (Å²) in [7, 11) is 1.79. The summed E-state index contributed by atoms with van der Waals surface area (Å²) < 4.78 is 31.9. The van der Waals surface area contributed by atoms with Crippen molar-refractivity contribution in [3.63, 3.8) is 0 Å². The molecule has 1 aromatic rings. The van der Waals surface area contributed by atoms with Crippen LogP contribution in [-0.4, -0.2) is 19.8 Å². The van der Waals surface area contributed by atoms with Crippen molar-refractivity contribution in [2.24, 2.45) is 0 Å². The van der Waals surface area contributed by atoms with Gasteiger partial charge in [-0.1, -0.05) is 11.6 Å². The molecule has 5 heteroatoms. The normalized spacial score (nSPS) is 20.7. The molecule has 1 saturated heterocycles. The first-order valence-electron chi connectivity index (χ1n) is 6.55. The highest BCUT2D eigenvalue weighted by molar-refractivity contribution is 6.31. The maximum Gasteiger partial charge on any atom is 0.160 e. The van der Waals surface area contributed by atoms with Crippen molar-refractivity contribution in [3.05, 3.63) is 34.4 Å². The van der Waals surface area contributed by atoms with Gasteiger partial charge in [-0.15, -0.1) is 0 Å². The van der Waals surface area contributed by atoms with Gasteiger partial charge in [0.15, 0.2) is 11.6 Å². The van der Waals surface area contributed by atoms with Gasteiger partial charge in [-0.05, 0) is 50.4 Å². The number of ether oxygens (including phenoxy) is 1. The molecule has 0 aliphatic carbocycles. The van der Waals surface area contributed by atoms with Crippen LogP contribution in [-0.2, 0) is 4.74 Å². The Bertz CT molecular complexity index is 436. The second-order valence-corrected chi connectivity index (χ2v) is 5.25. The molecule has 19 heavy (non-hydrogen) atoms. The minimum Gasteiger partial charge on any atom is -0.378 e. The van der Waals surface area contributed by atoms with Crippen molar-refractivity contribution >= 4 is 11.6 Å². The molecular formula is C14H18ClF2NO. The summed E-state index contributed by atoms with van der Waals surface area (Å²) in [5.74, 6) is -1.78. The highest BCUT2D eigenvalue weighted by Gasteiger charge is 2.20. The monoisotopic (exact) mass is 289 g/mol. The summed E-state index contributed by atoms with van der Waals surface area (Å²) in [6.07, 6.45) is 4.12. The predicted octanol–water partition coefficient (Wildman–Crippen LogP) is 3.84. The summed E-state index contributed by atoms with van der Waals surface area (Å²) in [5.41, 5.74) is 0.598. The topological polar surface area (TPSA) is 21.3 Å². The maximum absolute atomic E-state index is 13.3. The van der Waals surface area contributed by atoms with Crippen molar-refractivity contribution < 1.29 is 13.5 Å². The van der Waals surface area contributed by atoms with E-state index in [1.807, 2.05) is 0 Å². The molecule has 1 N–H and O–H groups in total. The number of benzene rings is 1. The van der Waals surface area contributed by atoms with Gasteiger partial charge in [-0.2, -0.15) is 0 Å². The van der Waals surface area contributed by atoms with Gasteiger partial charge in [0, 0.05) is 17.7 Å². The molecule has 1 heterocycles. The largest absolute Gasteiger partial charge is 0.378 e. The summed E-state index contributed by atoms with van der Waals surface area (Å²) in [6.45, 7) is 0.820. The maximum atomic E-state index is 13.3. The molecule has 2 unspecified atom stereocenters. The smallest absolute Gasteiger partial charge is 0.160 e. The molecule has 0 radical (unpaired) electrons. The van der Waals surface area contributed by atoms with Gasteiger partial charge in [0.25, 0.3) is 0 Å². The van der Waals surface area contributed by atoms with Crippen molar-refractivity contribution in [3.8, 4) is 0 Å². The highest BCUT2D eigenvalue weighted by atomic mass is 35.5. The van der Waals surface area contributed by atoms with Gasteiger partial charge < -0.3 is 10.1 Å². The fourth-order valence-corrected chi connectivity index (χ4v) is 2.77. The van der Waals surface area contributed by atoms with Crippen LogP contribution in [0.3, 0.4) is 0 Å². The minimum atomic E-state index is -0.914. The lowest BCUT2D eigenvalue weighted by molar-refractivity contribution is 0.0998. The van der Waals surface area contributed by atoms with E-state index in [0.29, 0.717) is 5.56 Å². The Kier molecular flexibility index (Phi) is 5.13. The molecule has 0 saturated carbocycles. The zero-order chi connectivity index (χ0) is 13.8. The fourth-order valence-electron chi connectivity index (χ4n) is 2.48. The van der Waals surface area contributed by atoms with Crippen LogP contribution in [0.5, 0.6) is 0 Å². The zero-order valence-electron chi connectivity index (χ0n) is 10.9. The molecule has 1 aromatic carbocycles. The molecule has 0 amide bonds. The number of rotatable bonds is 5. The molecule has 1 aliphatic heterocycles. The van der Waals surface area contributed by atoms with Crippen molar-refractivity contribution in [2.75, 3.05) is 13.7 Å². The summed E-state index contributed by atoms with van der Waals surface area (Å²) in [5, 5.41) is 3.36. The summed E-state index contributed by atoms with van der Waals surface area (Å²) in [4.78, 5) is 0. The lowest BCUT2D eigenvalue weighted by Gasteiger charge is -2.20. The third-order valence-electron chi connectivity index (χ3n) is 3.56. The first-order chi connectivity index (χ1) is 9.11. The average molecular weight is 290 g/mol. The molecule has 1 fully saturated rings. The molecule has 2 nitrogen and oxygen atoms in total. The van der Waals surface area contributed by atoms with Crippen LogP contribution in [0.15, 0.2) is 12.1 Å². The average Bonchev–Trinajstić information content (AvgIpc) is 2.89. The molecule has 2 rings (SSSR count). The van der Waals surface area contributed by atoms with Gasteiger partial charge >= 0.3 is 0 Å². The van der Waals surface area contributed by atoms with Crippen LogP contribution >= 0.6 is 11.6 Å². The lowest BCUT2D eigenvalue weighted by atomic mass is 9.99. The number of halogens is 3. The van der Waals surface area contributed by atoms with E-state index in [0.717, 1.165) is 38.4 Å². The third-order valence-corrected chi connectivity index (χ3v) is 3.89. The van der Waals surface area contributed by atoms with Gasteiger partial charge in [0.2, 0.25) is 0 Å². The van der Waals surface area contributed by atoms with Crippen LogP contribution < -0.4 is 5.32 Å². The molecule has 106 valence electrons. The Morgan fingerprint density at radius 1 is 1.42 bits per heavy atom. The van der Waals surface area contributed by atoms with Gasteiger partial charge in [0.05, 0.1) is 6.10 Å². The summed E-state index contributed by atoms with van der Waals surface area (Å²) >= 11 is 5.99. The Morgan fingerprint density at radius 2 is 2.16 bits per heavy atom. The molecule has 1 aliphatic rings. The van der Waals surface area contributed by atoms with Gasteiger partial charge in [0.1, 0.15) is 0 Å². The van der Waals surface area contributed by atoms with Crippen LogP contribution in [0.25, 0.3) is 0 Å². The van der Waals surface area contributed by atoms with E-state index < -0.39 is 11.6 Å². The second-order valence-electron chi connectivity index (χ2n) is 4.84. The van der Waals surface area contributed by atoms with Crippen molar-refractivity contribution in [2.45, 2.75) is 37.8 Å². The molecule has 0 bridgehead atoms. The van der Waals surface area contributed by atoms with E-state index in [1.54, 1.807) is 7.05 Å². The Balaban J connectivity index is 2.05. The van der Waals surface area contributed by atoms with Crippen LogP contribution in [0.2, 0.25) is 5.02 Å². The van der Waals surface area contributed by atoms with Gasteiger partial charge in [-0.3, -0.25) is 0 Å². The molecule has 2 atom stereocenters. The standard InChI is InChI=1S/C14H18ClF2NO/c1-18-14(5-4-9-3-2-6-19-9)10-7-12(16)13(17)8-11(10)15/h7-9,14,18H,2-6H2,1H3. The Hall–Kier alpha value is -0.710. The Morgan fingerprint density at radius 3 is 2.79 bits per heavy atom. The SMILES string of the molecule is CNC(CCC1CCCO1)c1cc(F)c(F)cc1Cl. The fraction of sp³-hybridized carbons (Fsp3) is 0.571.